The van der Waals surface area contributed by atoms with Crippen LogP contribution in [-0.4, -0.2) is 19.1 Å². The molecular weight excluding hydrogens is 209 g/mol. The smallest absolute Gasteiger partial charge is 0.126 e. The van der Waals surface area contributed by atoms with Gasteiger partial charge in [-0.25, -0.2) is 4.39 Å². The van der Waals surface area contributed by atoms with Gasteiger partial charge in [0.05, 0.1) is 0 Å². The van der Waals surface area contributed by atoms with Crippen LogP contribution in [0.25, 0.3) is 0 Å². The molecule has 0 amide bonds. The summed E-state index contributed by atoms with van der Waals surface area (Å²) in [5.74, 6) is 0.970. The van der Waals surface area contributed by atoms with Gasteiger partial charge in [0.25, 0.3) is 0 Å². The van der Waals surface area contributed by atoms with Gasteiger partial charge in [0.1, 0.15) is 5.82 Å². The van der Waals surface area contributed by atoms with E-state index in [-0.39, 0.29) is 11.9 Å². The SMILES string of the molecule is CNC(CCSC)c1ccc(C)c(F)c1. The lowest BCUT2D eigenvalue weighted by Gasteiger charge is -2.16. The van der Waals surface area contributed by atoms with Crippen molar-refractivity contribution in [3.63, 3.8) is 0 Å². The average Bonchev–Trinajstić information content (AvgIpc) is 2.24. The van der Waals surface area contributed by atoms with Crippen LogP contribution in [0.2, 0.25) is 0 Å². The summed E-state index contributed by atoms with van der Waals surface area (Å²) in [6.07, 6.45) is 3.11. The molecule has 0 aromatic heterocycles. The highest BCUT2D eigenvalue weighted by molar-refractivity contribution is 7.98. The third-order valence-electron chi connectivity index (χ3n) is 2.56. The number of nitrogens with one attached hydrogen (secondary N) is 1. The number of benzene rings is 1. The van der Waals surface area contributed by atoms with Crippen LogP contribution in [-0.2, 0) is 0 Å². The van der Waals surface area contributed by atoms with Gasteiger partial charge in [0.2, 0.25) is 0 Å². The van der Waals surface area contributed by atoms with E-state index in [1.165, 1.54) is 0 Å². The van der Waals surface area contributed by atoms with Crippen molar-refractivity contribution in [2.24, 2.45) is 0 Å². The van der Waals surface area contributed by atoms with Crippen LogP contribution >= 0.6 is 11.8 Å². The van der Waals surface area contributed by atoms with Crippen LogP contribution < -0.4 is 5.32 Å². The van der Waals surface area contributed by atoms with Crippen LogP contribution in [0.1, 0.15) is 23.6 Å². The minimum atomic E-state index is -0.114. The Labute approximate surface area is 95.5 Å². The molecule has 1 atom stereocenters. The molecule has 84 valence electrons. The summed E-state index contributed by atoms with van der Waals surface area (Å²) >= 11 is 1.81. The third-order valence-corrected chi connectivity index (χ3v) is 3.20. The maximum atomic E-state index is 13.4. The van der Waals surface area contributed by atoms with Crippen molar-refractivity contribution >= 4 is 11.8 Å². The maximum Gasteiger partial charge on any atom is 0.126 e. The zero-order valence-corrected chi connectivity index (χ0v) is 10.3. The van der Waals surface area contributed by atoms with E-state index in [1.54, 1.807) is 13.0 Å². The molecule has 1 unspecified atom stereocenters. The zero-order chi connectivity index (χ0) is 11.3. The fourth-order valence-electron chi connectivity index (χ4n) is 1.54. The molecule has 3 heteroatoms. The minimum absolute atomic E-state index is 0.114. The molecule has 1 nitrogen and oxygen atoms in total. The number of rotatable bonds is 5. The Morgan fingerprint density at radius 3 is 2.73 bits per heavy atom. The second-order valence-corrected chi connectivity index (χ2v) is 4.62. The molecule has 0 radical (unpaired) electrons. The summed E-state index contributed by atoms with van der Waals surface area (Å²) in [5.41, 5.74) is 1.74. The first-order valence-electron chi connectivity index (χ1n) is 5.11. The van der Waals surface area contributed by atoms with Crippen molar-refractivity contribution in [3.8, 4) is 0 Å². The Morgan fingerprint density at radius 2 is 2.20 bits per heavy atom. The molecule has 0 aliphatic carbocycles. The van der Waals surface area contributed by atoms with Crippen LogP contribution in [0.3, 0.4) is 0 Å². The van der Waals surface area contributed by atoms with E-state index in [4.69, 9.17) is 0 Å². The quantitative estimate of drug-likeness (QED) is 0.829. The summed E-state index contributed by atoms with van der Waals surface area (Å²) in [7, 11) is 1.92. The predicted molar refractivity (Wildman–Crippen MR) is 65.9 cm³/mol. The molecular formula is C12H18FNS. The van der Waals surface area contributed by atoms with Crippen molar-refractivity contribution < 1.29 is 4.39 Å². The van der Waals surface area contributed by atoms with Gasteiger partial charge in [-0.15, -0.1) is 0 Å². The summed E-state index contributed by atoms with van der Waals surface area (Å²) in [4.78, 5) is 0. The van der Waals surface area contributed by atoms with E-state index in [1.807, 2.05) is 30.9 Å². The summed E-state index contributed by atoms with van der Waals surface area (Å²) in [5, 5.41) is 3.22. The maximum absolute atomic E-state index is 13.4. The second kappa shape index (κ2) is 6.13. The molecule has 1 N–H and O–H groups in total. The van der Waals surface area contributed by atoms with Crippen molar-refractivity contribution in [3.05, 3.63) is 35.1 Å². The van der Waals surface area contributed by atoms with Gasteiger partial charge in [0.15, 0.2) is 0 Å². The largest absolute Gasteiger partial charge is 0.313 e. The molecule has 0 aliphatic heterocycles. The molecule has 1 rings (SSSR count). The van der Waals surface area contributed by atoms with Crippen LogP contribution in [0.15, 0.2) is 18.2 Å². The zero-order valence-electron chi connectivity index (χ0n) is 9.51. The Morgan fingerprint density at radius 1 is 1.47 bits per heavy atom. The number of hydrogen-bond acceptors (Lipinski definition) is 2. The topological polar surface area (TPSA) is 12.0 Å². The monoisotopic (exact) mass is 227 g/mol. The van der Waals surface area contributed by atoms with Gasteiger partial charge >= 0.3 is 0 Å². The molecule has 1 aromatic rings. The summed E-state index contributed by atoms with van der Waals surface area (Å²) < 4.78 is 13.4. The average molecular weight is 227 g/mol. The molecule has 15 heavy (non-hydrogen) atoms. The standard InChI is InChI=1S/C12H18FNS/c1-9-4-5-10(8-11(9)13)12(14-2)6-7-15-3/h4-5,8,12,14H,6-7H2,1-3H3. The molecule has 0 fully saturated rings. The minimum Gasteiger partial charge on any atom is -0.313 e. The highest BCUT2D eigenvalue weighted by atomic mass is 32.2. The van der Waals surface area contributed by atoms with Crippen LogP contribution in [0.5, 0.6) is 0 Å². The Kier molecular flexibility index (Phi) is 5.12. The first kappa shape index (κ1) is 12.5. The molecule has 0 aliphatic rings. The first-order chi connectivity index (χ1) is 7.19. The fourth-order valence-corrected chi connectivity index (χ4v) is 2.01. The van der Waals surface area contributed by atoms with E-state index < -0.39 is 0 Å². The fraction of sp³-hybridized carbons (Fsp3) is 0.500. The number of aryl methyl sites for hydroxylation is 1. The third kappa shape index (κ3) is 3.50. The molecule has 0 saturated carbocycles. The van der Waals surface area contributed by atoms with Gasteiger partial charge in [-0.1, -0.05) is 12.1 Å². The van der Waals surface area contributed by atoms with E-state index in [0.717, 1.165) is 17.7 Å². The van der Waals surface area contributed by atoms with Gasteiger partial charge in [-0.05, 0) is 49.6 Å². The van der Waals surface area contributed by atoms with Crippen molar-refractivity contribution in [2.75, 3.05) is 19.1 Å². The van der Waals surface area contributed by atoms with Gasteiger partial charge in [0, 0.05) is 6.04 Å². The normalized spacial score (nSPS) is 12.8. The number of thioether (sulfide) groups is 1. The van der Waals surface area contributed by atoms with Crippen molar-refractivity contribution in [1.29, 1.82) is 0 Å². The van der Waals surface area contributed by atoms with Crippen molar-refractivity contribution in [2.45, 2.75) is 19.4 Å². The Balaban J connectivity index is 2.78. The lowest BCUT2D eigenvalue weighted by atomic mass is 10.0. The number of halogens is 1. The Bertz CT molecular complexity index is 314. The van der Waals surface area contributed by atoms with E-state index in [2.05, 4.69) is 11.6 Å². The van der Waals surface area contributed by atoms with E-state index >= 15 is 0 Å². The predicted octanol–water partition coefficient (Wildman–Crippen LogP) is 3.15. The molecule has 0 saturated heterocycles. The number of hydrogen-bond donors (Lipinski definition) is 1. The summed E-state index contributed by atoms with van der Waals surface area (Å²) in [6.45, 7) is 1.79. The van der Waals surface area contributed by atoms with E-state index in [0.29, 0.717) is 5.56 Å². The lowest BCUT2D eigenvalue weighted by Crippen LogP contribution is -2.17. The lowest BCUT2D eigenvalue weighted by molar-refractivity contribution is 0.567. The van der Waals surface area contributed by atoms with Gasteiger partial charge in [-0.3, -0.25) is 0 Å². The molecule has 0 bridgehead atoms. The van der Waals surface area contributed by atoms with Gasteiger partial charge in [-0.2, -0.15) is 11.8 Å². The molecule has 0 heterocycles. The highest BCUT2D eigenvalue weighted by Crippen LogP contribution is 2.20. The molecule has 1 aromatic carbocycles. The summed E-state index contributed by atoms with van der Waals surface area (Å²) in [6, 6.07) is 5.73. The highest BCUT2D eigenvalue weighted by Gasteiger charge is 2.10. The second-order valence-electron chi connectivity index (χ2n) is 3.63. The van der Waals surface area contributed by atoms with Crippen molar-refractivity contribution in [1.82, 2.24) is 5.32 Å². The first-order valence-corrected chi connectivity index (χ1v) is 6.50. The van der Waals surface area contributed by atoms with Crippen LogP contribution in [0.4, 0.5) is 4.39 Å². The Hall–Kier alpha value is -0.540. The van der Waals surface area contributed by atoms with E-state index in [9.17, 15) is 4.39 Å². The van der Waals surface area contributed by atoms with Gasteiger partial charge < -0.3 is 5.32 Å². The van der Waals surface area contributed by atoms with Crippen LogP contribution in [0, 0.1) is 12.7 Å². The molecule has 0 spiro atoms.